The van der Waals surface area contributed by atoms with Gasteiger partial charge in [0.15, 0.2) is 0 Å². The van der Waals surface area contributed by atoms with E-state index in [0.29, 0.717) is 17.0 Å². The van der Waals surface area contributed by atoms with Crippen molar-refractivity contribution in [2.45, 2.75) is 12.5 Å². The average Bonchev–Trinajstić information content (AvgIpc) is 2.42. The van der Waals surface area contributed by atoms with E-state index in [1.807, 2.05) is 18.2 Å². The normalized spacial score (nSPS) is 12.4. The fraction of sp³-hybridized carbons (Fsp3) is 0.143. The standard InChI is InChI=1S/C14H12BrClFIN2/c15-8-4-5-13(18)10(6-8)14(20-19)7-9-11(16)2-1-3-12(9)17/h1-6,14,20H,7,19H2. The number of benzene rings is 2. The summed E-state index contributed by atoms with van der Waals surface area (Å²) in [6.07, 6.45) is 0.383. The topological polar surface area (TPSA) is 38.0 Å². The van der Waals surface area contributed by atoms with Crippen LogP contribution in [0.1, 0.15) is 17.2 Å². The summed E-state index contributed by atoms with van der Waals surface area (Å²) in [5, 5.41) is 0.412. The van der Waals surface area contributed by atoms with Gasteiger partial charge in [-0.3, -0.25) is 11.3 Å². The van der Waals surface area contributed by atoms with Crippen molar-refractivity contribution in [3.05, 3.63) is 66.4 Å². The second kappa shape index (κ2) is 7.17. The summed E-state index contributed by atoms with van der Waals surface area (Å²) in [7, 11) is 0. The Kier molecular flexibility index (Phi) is 5.80. The lowest BCUT2D eigenvalue weighted by molar-refractivity contribution is 0.527. The lowest BCUT2D eigenvalue weighted by Gasteiger charge is -2.19. The first-order valence-corrected chi connectivity index (χ1v) is 8.12. The highest BCUT2D eigenvalue weighted by atomic mass is 127. The van der Waals surface area contributed by atoms with Crippen LogP contribution in [0.15, 0.2) is 40.9 Å². The molecule has 6 heteroatoms. The minimum Gasteiger partial charge on any atom is -0.271 e. The maximum atomic E-state index is 13.9. The summed E-state index contributed by atoms with van der Waals surface area (Å²) in [6, 6.07) is 10.4. The Morgan fingerprint density at radius 1 is 1.35 bits per heavy atom. The molecule has 2 nitrogen and oxygen atoms in total. The minimum atomic E-state index is -0.317. The Morgan fingerprint density at radius 2 is 2.10 bits per heavy atom. The van der Waals surface area contributed by atoms with Gasteiger partial charge in [0.25, 0.3) is 0 Å². The van der Waals surface area contributed by atoms with Gasteiger partial charge in [0.1, 0.15) is 5.82 Å². The van der Waals surface area contributed by atoms with Crippen LogP contribution in [-0.4, -0.2) is 0 Å². The summed E-state index contributed by atoms with van der Waals surface area (Å²) < 4.78 is 15.9. The Labute approximate surface area is 144 Å². The fourth-order valence-corrected chi connectivity index (χ4v) is 3.30. The second-order valence-corrected chi connectivity index (χ2v) is 6.77. The molecule has 0 amide bonds. The highest BCUT2D eigenvalue weighted by molar-refractivity contribution is 14.1. The molecule has 20 heavy (non-hydrogen) atoms. The first kappa shape index (κ1) is 16.2. The van der Waals surface area contributed by atoms with Crippen LogP contribution in [0.25, 0.3) is 0 Å². The van der Waals surface area contributed by atoms with E-state index >= 15 is 0 Å². The van der Waals surface area contributed by atoms with Gasteiger partial charge in [-0.25, -0.2) is 4.39 Å². The van der Waals surface area contributed by atoms with Crippen molar-refractivity contribution in [2.24, 2.45) is 5.84 Å². The van der Waals surface area contributed by atoms with Crippen LogP contribution in [0, 0.1) is 9.39 Å². The van der Waals surface area contributed by atoms with E-state index in [9.17, 15) is 4.39 Å². The van der Waals surface area contributed by atoms with Crippen molar-refractivity contribution in [3.63, 3.8) is 0 Å². The van der Waals surface area contributed by atoms with Crippen LogP contribution in [0.3, 0.4) is 0 Å². The molecule has 0 saturated carbocycles. The van der Waals surface area contributed by atoms with Gasteiger partial charge < -0.3 is 0 Å². The minimum absolute atomic E-state index is 0.214. The Bertz CT molecular complexity index is 604. The van der Waals surface area contributed by atoms with Gasteiger partial charge in [-0.1, -0.05) is 33.6 Å². The number of hydrogen-bond acceptors (Lipinski definition) is 2. The van der Waals surface area contributed by atoms with Crippen molar-refractivity contribution in [2.75, 3.05) is 0 Å². The molecule has 3 N–H and O–H groups in total. The summed E-state index contributed by atoms with van der Waals surface area (Å²) in [5.74, 6) is 5.32. The molecule has 0 aliphatic carbocycles. The molecule has 0 radical (unpaired) electrons. The zero-order valence-electron chi connectivity index (χ0n) is 10.3. The summed E-state index contributed by atoms with van der Waals surface area (Å²) in [6.45, 7) is 0. The van der Waals surface area contributed by atoms with Crippen LogP contribution in [0.4, 0.5) is 4.39 Å². The molecule has 1 atom stereocenters. The number of hydrogen-bond donors (Lipinski definition) is 2. The SMILES string of the molecule is NNC(Cc1c(F)cccc1Cl)c1cc(Br)ccc1I. The zero-order chi connectivity index (χ0) is 14.7. The Hall–Kier alpha value is -0.210. The van der Waals surface area contributed by atoms with Crippen LogP contribution < -0.4 is 11.3 Å². The molecule has 106 valence electrons. The smallest absolute Gasteiger partial charge is 0.127 e. The van der Waals surface area contributed by atoms with Crippen molar-refractivity contribution in [1.29, 1.82) is 0 Å². The largest absolute Gasteiger partial charge is 0.271 e. The van der Waals surface area contributed by atoms with Crippen molar-refractivity contribution in [3.8, 4) is 0 Å². The molecule has 0 aromatic heterocycles. The van der Waals surface area contributed by atoms with Crippen LogP contribution in [0.2, 0.25) is 5.02 Å². The van der Waals surface area contributed by atoms with Crippen LogP contribution in [0.5, 0.6) is 0 Å². The number of hydrazine groups is 1. The molecule has 0 bridgehead atoms. The molecule has 0 aliphatic heterocycles. The molecule has 1 unspecified atom stereocenters. The number of rotatable bonds is 4. The Balaban J connectivity index is 2.36. The highest BCUT2D eigenvalue weighted by Crippen LogP contribution is 2.29. The van der Waals surface area contributed by atoms with Gasteiger partial charge in [0.2, 0.25) is 0 Å². The van der Waals surface area contributed by atoms with Crippen LogP contribution in [-0.2, 0) is 6.42 Å². The van der Waals surface area contributed by atoms with E-state index in [2.05, 4.69) is 43.9 Å². The predicted molar refractivity (Wildman–Crippen MR) is 92.0 cm³/mol. The molecule has 0 fully saturated rings. The molecule has 2 aromatic carbocycles. The molecule has 2 rings (SSSR count). The second-order valence-electron chi connectivity index (χ2n) is 4.29. The van der Waals surface area contributed by atoms with Gasteiger partial charge in [-0.2, -0.15) is 0 Å². The number of halogens is 4. The molecular weight excluding hydrogens is 457 g/mol. The molecule has 0 aliphatic rings. The number of nitrogens with one attached hydrogen (secondary N) is 1. The van der Waals surface area contributed by atoms with Gasteiger partial charge in [0.05, 0.1) is 6.04 Å². The van der Waals surface area contributed by atoms with Crippen LogP contribution >= 0.6 is 50.1 Å². The summed E-state index contributed by atoms with van der Waals surface area (Å²) >= 11 is 11.7. The third-order valence-corrected chi connectivity index (χ3v) is 4.83. The molecule has 0 saturated heterocycles. The lowest BCUT2D eigenvalue weighted by Crippen LogP contribution is -2.30. The predicted octanol–water partition coefficient (Wildman–Crippen LogP) is 4.59. The van der Waals surface area contributed by atoms with Crippen molar-refractivity contribution < 1.29 is 4.39 Å². The first-order valence-electron chi connectivity index (χ1n) is 5.87. The molecule has 0 spiro atoms. The third-order valence-electron chi connectivity index (χ3n) is 3.00. The monoisotopic (exact) mass is 468 g/mol. The summed E-state index contributed by atoms with van der Waals surface area (Å²) in [4.78, 5) is 0. The van der Waals surface area contributed by atoms with E-state index < -0.39 is 0 Å². The van der Waals surface area contributed by atoms with Crippen molar-refractivity contribution >= 4 is 50.1 Å². The number of nitrogens with two attached hydrogens (primary N) is 1. The zero-order valence-corrected chi connectivity index (χ0v) is 14.8. The van der Waals surface area contributed by atoms with Gasteiger partial charge >= 0.3 is 0 Å². The van der Waals surface area contributed by atoms with Gasteiger partial charge in [-0.05, 0) is 64.9 Å². The van der Waals surface area contributed by atoms with Gasteiger partial charge in [0, 0.05) is 18.6 Å². The van der Waals surface area contributed by atoms with Crippen molar-refractivity contribution in [1.82, 2.24) is 5.43 Å². The maximum absolute atomic E-state index is 13.9. The maximum Gasteiger partial charge on any atom is 0.127 e. The Morgan fingerprint density at radius 3 is 2.75 bits per heavy atom. The summed E-state index contributed by atoms with van der Waals surface area (Å²) in [5.41, 5.74) is 4.21. The quantitative estimate of drug-likeness (QED) is 0.391. The van der Waals surface area contributed by atoms with E-state index in [1.165, 1.54) is 6.07 Å². The van der Waals surface area contributed by atoms with Gasteiger partial charge in [-0.15, -0.1) is 0 Å². The molecule has 0 heterocycles. The third kappa shape index (κ3) is 3.71. The van der Waals surface area contributed by atoms with E-state index in [1.54, 1.807) is 12.1 Å². The average molecular weight is 470 g/mol. The molecule has 2 aromatic rings. The lowest BCUT2D eigenvalue weighted by atomic mass is 9.99. The van der Waals surface area contributed by atoms with E-state index in [4.69, 9.17) is 17.4 Å². The van der Waals surface area contributed by atoms with E-state index in [0.717, 1.165) is 13.6 Å². The molecular formula is C14H12BrClFIN2. The first-order chi connectivity index (χ1) is 9.52. The van der Waals surface area contributed by atoms with E-state index in [-0.39, 0.29) is 11.9 Å². The highest BCUT2D eigenvalue weighted by Gasteiger charge is 2.18. The fourth-order valence-electron chi connectivity index (χ4n) is 1.97.